The minimum atomic E-state index is -1.15. The zero-order valence-corrected chi connectivity index (χ0v) is 29.6. The molecule has 1 N–H and O–H groups in total. The van der Waals surface area contributed by atoms with E-state index in [0.29, 0.717) is 20.6 Å². The van der Waals surface area contributed by atoms with Crippen molar-refractivity contribution in [3.05, 3.63) is 114 Å². The second kappa shape index (κ2) is 13.0. The topological polar surface area (TPSA) is 82.8 Å². The van der Waals surface area contributed by atoms with Crippen LogP contribution in [0.5, 0.6) is 0 Å². The highest BCUT2D eigenvalue weighted by Gasteiger charge is 2.36. The predicted octanol–water partition coefficient (Wildman–Crippen LogP) is 6.84. The maximum atomic E-state index is 13.5. The summed E-state index contributed by atoms with van der Waals surface area (Å²) in [4.78, 5) is 42.8. The summed E-state index contributed by atoms with van der Waals surface area (Å²) < 4.78 is 2.74. The fourth-order valence-electron chi connectivity index (χ4n) is 6.32. The lowest BCUT2D eigenvalue weighted by atomic mass is 9.96. The molecule has 48 heavy (non-hydrogen) atoms. The Morgan fingerprint density at radius 2 is 1.77 bits per heavy atom. The minimum Gasteiger partial charge on any atom is -0.480 e. The van der Waals surface area contributed by atoms with E-state index in [1.165, 1.54) is 43.1 Å². The summed E-state index contributed by atoms with van der Waals surface area (Å²) in [5, 5.41) is 12.9. The molecule has 7 nitrogen and oxygen atoms in total. The van der Waals surface area contributed by atoms with Crippen molar-refractivity contribution in [2.75, 3.05) is 11.4 Å². The number of amides is 1. The average molecular weight is 710 g/mol. The van der Waals surface area contributed by atoms with Crippen LogP contribution in [0.1, 0.15) is 48.3 Å². The van der Waals surface area contributed by atoms with Gasteiger partial charge in [-0.15, -0.1) is 22.7 Å². The molecular weight excluding hydrogens is 679 g/mol. The van der Waals surface area contributed by atoms with Gasteiger partial charge in [0.1, 0.15) is 20.4 Å². The Labute approximate surface area is 294 Å². The van der Waals surface area contributed by atoms with Gasteiger partial charge in [0.25, 0.3) is 11.5 Å². The molecule has 5 aromatic rings. The number of carboxylic acid groups (broad SMARTS) is 1. The lowest BCUT2D eigenvalue weighted by molar-refractivity contribution is -0.140. The van der Waals surface area contributed by atoms with Crippen LogP contribution in [0.25, 0.3) is 33.9 Å². The van der Waals surface area contributed by atoms with Crippen molar-refractivity contribution in [1.29, 1.82) is 0 Å². The fourth-order valence-corrected chi connectivity index (χ4v) is 9.91. The molecule has 0 radical (unpaired) electrons. The van der Waals surface area contributed by atoms with Gasteiger partial charge in [0.2, 0.25) is 0 Å². The second-order valence-corrected chi connectivity index (χ2v) is 15.5. The lowest BCUT2D eigenvalue weighted by Crippen LogP contribution is -2.35. The van der Waals surface area contributed by atoms with Crippen molar-refractivity contribution in [2.24, 2.45) is 0 Å². The van der Waals surface area contributed by atoms with Crippen LogP contribution in [0.3, 0.4) is 0 Å². The van der Waals surface area contributed by atoms with Crippen molar-refractivity contribution in [1.82, 2.24) is 9.47 Å². The number of thiazole rings is 1. The lowest BCUT2D eigenvalue weighted by Gasteiger charge is -2.24. The molecule has 1 amide bonds. The van der Waals surface area contributed by atoms with Crippen LogP contribution in [0.15, 0.2) is 77.6 Å². The Morgan fingerprint density at radius 3 is 2.56 bits per heavy atom. The first-order valence-electron chi connectivity index (χ1n) is 15.5. The number of fused-ring (bicyclic) bond motifs is 2. The van der Waals surface area contributed by atoms with Gasteiger partial charge in [-0.1, -0.05) is 85.5 Å². The van der Waals surface area contributed by atoms with Gasteiger partial charge in [-0.25, -0.2) is 0 Å². The van der Waals surface area contributed by atoms with E-state index in [0.717, 1.165) is 27.9 Å². The quantitative estimate of drug-likeness (QED) is 0.186. The van der Waals surface area contributed by atoms with Crippen LogP contribution in [0, 0.1) is 0 Å². The molecule has 242 valence electrons. The summed E-state index contributed by atoms with van der Waals surface area (Å²) >= 11 is 9.33. The van der Waals surface area contributed by atoms with Gasteiger partial charge in [0.05, 0.1) is 9.53 Å². The number of thiocarbonyl (C=S) groups is 1. The van der Waals surface area contributed by atoms with Crippen LogP contribution < -0.4 is 19.7 Å². The van der Waals surface area contributed by atoms with Crippen molar-refractivity contribution < 1.29 is 14.7 Å². The van der Waals surface area contributed by atoms with E-state index < -0.39 is 18.4 Å². The number of thiophene rings is 1. The number of benzene rings is 3. The first-order chi connectivity index (χ1) is 23.1. The highest BCUT2D eigenvalue weighted by atomic mass is 32.2. The average Bonchev–Trinajstić information content (AvgIpc) is 3.80. The molecule has 2 aromatic heterocycles. The van der Waals surface area contributed by atoms with Crippen LogP contribution in [0.4, 0.5) is 10.7 Å². The number of rotatable bonds is 7. The number of nitrogens with zero attached hydrogens (tertiary/aromatic N) is 3. The molecule has 0 spiro atoms. The molecule has 2 aliphatic rings. The van der Waals surface area contributed by atoms with Gasteiger partial charge in [-0.05, 0) is 77.7 Å². The third-order valence-corrected chi connectivity index (χ3v) is 12.6. The van der Waals surface area contributed by atoms with Gasteiger partial charge in [-0.3, -0.25) is 23.9 Å². The number of carbonyl (C=O) groups is 2. The maximum Gasteiger partial charge on any atom is 0.323 e. The monoisotopic (exact) mass is 709 g/mol. The standard InChI is InChI=1S/C37H31N3O4S4/c1-4-38-34(43)30(47-36(38)33-35(44)39(20-32(41)42)37(45)48-33)19-23-12-16-29-28(18-23)21(2)22(3)40(29)31-17-15-26(46-31)14-13-25-10-7-9-24-8-5-6-11-27(24)25/h5-19,21-22H,4,20H2,1-3H3,(H,41,42). The molecule has 2 aliphatic heterocycles. The number of aromatic nitrogens is 1. The SMILES string of the molecule is CCn1c(=C2SC(=S)N(CC(=O)O)C2=O)sc(=Cc2ccc3c(c2)C(C)C(C)N3c2ccc(C=Cc3cccc4ccccc34)s2)c1=O. The number of aliphatic carboxylic acids is 1. The number of thioether (sulfide) groups is 1. The maximum absolute atomic E-state index is 13.5. The first-order valence-corrected chi connectivity index (χ1v) is 18.4. The van der Waals surface area contributed by atoms with E-state index >= 15 is 0 Å². The van der Waals surface area contributed by atoms with Crippen LogP contribution >= 0.6 is 46.7 Å². The molecule has 11 heteroatoms. The third-order valence-electron chi connectivity index (χ3n) is 8.89. The Balaban J connectivity index is 1.20. The van der Waals surface area contributed by atoms with Crippen LogP contribution in [-0.4, -0.2) is 43.4 Å². The normalized spacial score (nSPS) is 19.4. The van der Waals surface area contributed by atoms with E-state index in [2.05, 4.69) is 97.6 Å². The Hall–Kier alpha value is -4.29. The summed E-state index contributed by atoms with van der Waals surface area (Å²) in [5.41, 5.74) is 4.29. The van der Waals surface area contributed by atoms with Crippen LogP contribution in [0.2, 0.25) is 0 Å². The number of anilines is 2. The van der Waals surface area contributed by atoms with Gasteiger partial charge in [0.15, 0.2) is 0 Å². The Kier molecular flexibility index (Phi) is 8.71. The third kappa shape index (κ3) is 5.74. The minimum absolute atomic E-state index is 0.177. The number of hydrogen-bond donors (Lipinski definition) is 1. The zero-order valence-electron chi connectivity index (χ0n) is 26.4. The highest BCUT2D eigenvalue weighted by Crippen LogP contribution is 2.47. The molecule has 2 atom stereocenters. The van der Waals surface area contributed by atoms with Gasteiger partial charge >= 0.3 is 5.97 Å². The van der Waals surface area contributed by atoms with E-state index in [9.17, 15) is 19.5 Å². The van der Waals surface area contributed by atoms with E-state index in [4.69, 9.17) is 12.2 Å². The van der Waals surface area contributed by atoms with E-state index in [-0.39, 0.29) is 21.8 Å². The fraction of sp³-hybridized carbons (Fsp3) is 0.189. The first kappa shape index (κ1) is 32.3. The van der Waals surface area contributed by atoms with Crippen molar-refractivity contribution in [3.63, 3.8) is 0 Å². The molecule has 1 saturated heterocycles. The molecule has 7 rings (SSSR count). The largest absolute Gasteiger partial charge is 0.480 e. The van der Waals surface area contributed by atoms with Crippen molar-refractivity contribution in [3.8, 4) is 0 Å². The van der Waals surface area contributed by atoms with E-state index in [1.807, 2.05) is 19.1 Å². The summed E-state index contributed by atoms with van der Waals surface area (Å²) in [6.07, 6.45) is 6.25. The molecular formula is C37H31N3O4S4. The highest BCUT2D eigenvalue weighted by molar-refractivity contribution is 8.30. The van der Waals surface area contributed by atoms with Gasteiger partial charge in [0, 0.05) is 29.1 Å². The summed E-state index contributed by atoms with van der Waals surface area (Å²) in [6, 6.07) is 25.7. The summed E-state index contributed by atoms with van der Waals surface area (Å²) in [6.45, 7) is 6.19. The molecule has 3 aromatic carbocycles. The number of carboxylic acids is 1. The zero-order chi connectivity index (χ0) is 33.7. The van der Waals surface area contributed by atoms with Crippen molar-refractivity contribution >= 4 is 107 Å². The Morgan fingerprint density at radius 1 is 0.979 bits per heavy atom. The molecule has 2 unspecified atom stereocenters. The van der Waals surface area contributed by atoms with Crippen molar-refractivity contribution in [2.45, 2.75) is 39.3 Å². The Bertz CT molecular complexity index is 2350. The molecule has 1 fully saturated rings. The number of carbonyl (C=O) groups excluding carboxylic acids is 1. The molecule has 0 aliphatic carbocycles. The second-order valence-electron chi connectivity index (χ2n) is 11.7. The predicted molar refractivity (Wildman–Crippen MR) is 204 cm³/mol. The van der Waals surface area contributed by atoms with Gasteiger partial charge < -0.3 is 10.0 Å². The molecule has 0 bridgehead atoms. The smallest absolute Gasteiger partial charge is 0.323 e. The van der Waals surface area contributed by atoms with Crippen LogP contribution in [-0.2, 0) is 16.1 Å². The molecule has 0 saturated carbocycles. The summed E-state index contributed by atoms with van der Waals surface area (Å²) in [5.74, 6) is -1.36. The van der Waals surface area contributed by atoms with E-state index in [1.54, 1.807) is 15.9 Å². The molecule has 4 heterocycles. The summed E-state index contributed by atoms with van der Waals surface area (Å²) in [7, 11) is 0. The van der Waals surface area contributed by atoms with Gasteiger partial charge in [-0.2, -0.15) is 0 Å². The number of hydrogen-bond acceptors (Lipinski definition) is 8.